The van der Waals surface area contributed by atoms with Gasteiger partial charge in [-0.3, -0.25) is 14.6 Å². The highest BCUT2D eigenvalue weighted by Crippen LogP contribution is 2.20. The van der Waals surface area contributed by atoms with E-state index >= 15 is 0 Å². The zero-order valence-electron chi connectivity index (χ0n) is 14.6. The van der Waals surface area contributed by atoms with Gasteiger partial charge in [0.25, 0.3) is 11.5 Å². The molecule has 1 aliphatic rings. The zero-order valence-corrected chi connectivity index (χ0v) is 14.6. The van der Waals surface area contributed by atoms with E-state index in [9.17, 15) is 9.59 Å². The molecule has 0 radical (unpaired) electrons. The molecular formula is C18H23N5O2. The summed E-state index contributed by atoms with van der Waals surface area (Å²) in [5.74, 6) is -0.206. The number of rotatable bonds is 5. The van der Waals surface area contributed by atoms with Gasteiger partial charge < -0.3 is 14.8 Å². The third-order valence-corrected chi connectivity index (χ3v) is 4.49. The minimum atomic E-state index is -0.206. The lowest BCUT2D eigenvalue weighted by atomic mass is 9.91. The number of carbonyl (C=O) groups is 1. The monoisotopic (exact) mass is 341 g/mol. The molecule has 0 saturated carbocycles. The maximum atomic E-state index is 12.2. The fraction of sp³-hybridized carbons (Fsp3) is 0.444. The first-order valence-electron chi connectivity index (χ1n) is 8.48. The Kier molecular flexibility index (Phi) is 5.23. The molecule has 2 aromatic heterocycles. The van der Waals surface area contributed by atoms with Gasteiger partial charge in [-0.15, -0.1) is 0 Å². The molecule has 3 rings (SSSR count). The van der Waals surface area contributed by atoms with Crippen molar-refractivity contribution in [1.82, 2.24) is 24.8 Å². The third-order valence-electron chi connectivity index (χ3n) is 4.49. The molecule has 1 atom stereocenters. The van der Waals surface area contributed by atoms with E-state index in [2.05, 4.69) is 20.2 Å². The number of carbonyl (C=O) groups excluding carboxylic acids is 1. The molecule has 7 nitrogen and oxygen atoms in total. The van der Waals surface area contributed by atoms with Crippen LogP contribution in [0.5, 0.6) is 0 Å². The van der Waals surface area contributed by atoms with Crippen molar-refractivity contribution in [3.8, 4) is 0 Å². The van der Waals surface area contributed by atoms with Gasteiger partial charge in [-0.1, -0.05) is 6.07 Å². The van der Waals surface area contributed by atoms with Crippen molar-refractivity contribution in [2.75, 3.05) is 20.6 Å². The summed E-state index contributed by atoms with van der Waals surface area (Å²) >= 11 is 0. The quantitative estimate of drug-likeness (QED) is 0.856. The van der Waals surface area contributed by atoms with E-state index in [0.29, 0.717) is 12.2 Å². The van der Waals surface area contributed by atoms with Crippen molar-refractivity contribution in [1.29, 1.82) is 0 Å². The second kappa shape index (κ2) is 7.57. The van der Waals surface area contributed by atoms with E-state index in [1.165, 1.54) is 12.4 Å². The topological polar surface area (TPSA) is 80.1 Å². The lowest BCUT2D eigenvalue weighted by molar-refractivity contribution is 0.0928. The number of pyridine rings is 1. The first-order valence-corrected chi connectivity index (χ1v) is 8.48. The van der Waals surface area contributed by atoms with Crippen LogP contribution in [-0.4, -0.2) is 52.0 Å². The molecule has 0 saturated heterocycles. The van der Waals surface area contributed by atoms with Crippen molar-refractivity contribution in [3.63, 3.8) is 0 Å². The van der Waals surface area contributed by atoms with E-state index in [-0.39, 0.29) is 17.5 Å². The number of likely N-dealkylation sites (N-methyl/N-ethyl adjacent to an activating group) is 1. The third kappa shape index (κ3) is 4.11. The molecule has 1 aliphatic carbocycles. The van der Waals surface area contributed by atoms with Crippen LogP contribution >= 0.6 is 0 Å². The number of nitrogens with zero attached hydrogens (tertiary/aromatic N) is 4. The Hall–Kier alpha value is -2.54. The van der Waals surface area contributed by atoms with E-state index in [0.717, 1.165) is 37.1 Å². The minimum Gasteiger partial charge on any atom is -0.348 e. The van der Waals surface area contributed by atoms with Gasteiger partial charge in [0.05, 0.1) is 6.20 Å². The van der Waals surface area contributed by atoms with Crippen LogP contribution < -0.4 is 10.9 Å². The smallest absolute Gasteiger partial charge is 0.271 e. The SMILES string of the molecule is CN(C)CCn1c2c(ccc1=O)C[C@@H](NC(=O)c1cnccn1)CC2. The molecule has 0 aliphatic heterocycles. The summed E-state index contributed by atoms with van der Waals surface area (Å²) in [5.41, 5.74) is 2.60. The first kappa shape index (κ1) is 17.3. The van der Waals surface area contributed by atoms with Gasteiger partial charge in [-0.25, -0.2) is 4.98 Å². The van der Waals surface area contributed by atoms with Crippen molar-refractivity contribution in [2.24, 2.45) is 0 Å². The summed E-state index contributed by atoms with van der Waals surface area (Å²) in [5, 5.41) is 3.02. The maximum absolute atomic E-state index is 12.2. The molecule has 0 aromatic carbocycles. The van der Waals surface area contributed by atoms with E-state index in [4.69, 9.17) is 0 Å². The van der Waals surface area contributed by atoms with Gasteiger partial charge in [-0.2, -0.15) is 0 Å². The van der Waals surface area contributed by atoms with Crippen molar-refractivity contribution < 1.29 is 4.79 Å². The summed E-state index contributed by atoms with van der Waals surface area (Å²) < 4.78 is 1.87. The lowest BCUT2D eigenvalue weighted by Gasteiger charge is -2.28. The summed E-state index contributed by atoms with van der Waals surface area (Å²) in [4.78, 5) is 34.5. The number of amides is 1. The average Bonchev–Trinajstić information content (AvgIpc) is 2.61. The summed E-state index contributed by atoms with van der Waals surface area (Å²) in [6, 6.07) is 3.56. The molecule has 2 aromatic rings. The van der Waals surface area contributed by atoms with Crippen molar-refractivity contribution in [3.05, 3.63) is 58.0 Å². The van der Waals surface area contributed by atoms with E-state index in [1.807, 2.05) is 24.7 Å². The predicted molar refractivity (Wildman–Crippen MR) is 94.6 cm³/mol. The normalized spacial score (nSPS) is 16.5. The Bertz CT molecular complexity index is 801. The van der Waals surface area contributed by atoms with Crippen LogP contribution in [0.15, 0.2) is 35.5 Å². The lowest BCUT2D eigenvalue weighted by Crippen LogP contribution is -2.41. The highest BCUT2D eigenvalue weighted by atomic mass is 16.2. The Morgan fingerprint density at radius 1 is 1.36 bits per heavy atom. The molecule has 0 fully saturated rings. The Balaban J connectivity index is 1.72. The number of hydrogen-bond donors (Lipinski definition) is 1. The van der Waals surface area contributed by atoms with Crippen LogP contribution in [0.3, 0.4) is 0 Å². The van der Waals surface area contributed by atoms with E-state index in [1.54, 1.807) is 12.3 Å². The largest absolute Gasteiger partial charge is 0.348 e. The highest BCUT2D eigenvalue weighted by molar-refractivity contribution is 5.92. The molecule has 0 unspecified atom stereocenters. The molecule has 2 heterocycles. The molecule has 132 valence electrons. The summed E-state index contributed by atoms with van der Waals surface area (Å²) in [7, 11) is 4.00. The van der Waals surface area contributed by atoms with Crippen LogP contribution in [-0.2, 0) is 19.4 Å². The second-order valence-corrected chi connectivity index (χ2v) is 6.60. The van der Waals surface area contributed by atoms with Gasteiger partial charge in [0.2, 0.25) is 0 Å². The van der Waals surface area contributed by atoms with Crippen LogP contribution in [0, 0.1) is 0 Å². The van der Waals surface area contributed by atoms with Gasteiger partial charge in [0, 0.05) is 43.3 Å². The number of aromatic nitrogens is 3. The molecular weight excluding hydrogens is 318 g/mol. The van der Waals surface area contributed by atoms with Gasteiger partial charge in [0.15, 0.2) is 0 Å². The minimum absolute atomic E-state index is 0.0433. The molecule has 25 heavy (non-hydrogen) atoms. The van der Waals surface area contributed by atoms with Crippen LogP contribution in [0.4, 0.5) is 0 Å². The zero-order chi connectivity index (χ0) is 17.8. The van der Waals surface area contributed by atoms with Crippen molar-refractivity contribution >= 4 is 5.91 Å². The Morgan fingerprint density at radius 3 is 2.92 bits per heavy atom. The van der Waals surface area contributed by atoms with Crippen LogP contribution in [0.1, 0.15) is 28.2 Å². The van der Waals surface area contributed by atoms with E-state index < -0.39 is 0 Å². The fourth-order valence-electron chi connectivity index (χ4n) is 3.17. The molecule has 1 amide bonds. The standard InChI is InChI=1S/C18H23N5O2/c1-22(2)9-10-23-16-5-4-14(11-13(16)3-6-17(23)24)21-18(25)15-12-19-7-8-20-15/h3,6-8,12,14H,4-5,9-11H2,1-2H3,(H,21,25)/t14-/m0/s1. The Labute approximate surface area is 146 Å². The number of fused-ring (bicyclic) bond motifs is 1. The molecule has 7 heteroatoms. The van der Waals surface area contributed by atoms with Gasteiger partial charge >= 0.3 is 0 Å². The Morgan fingerprint density at radius 2 is 2.20 bits per heavy atom. The summed E-state index contributed by atoms with van der Waals surface area (Å²) in [6.45, 7) is 1.51. The van der Waals surface area contributed by atoms with Crippen molar-refractivity contribution in [2.45, 2.75) is 31.8 Å². The average molecular weight is 341 g/mol. The molecule has 0 bridgehead atoms. The van der Waals surface area contributed by atoms with Gasteiger partial charge in [0.1, 0.15) is 5.69 Å². The highest BCUT2D eigenvalue weighted by Gasteiger charge is 2.23. The summed E-state index contributed by atoms with van der Waals surface area (Å²) in [6.07, 6.45) is 6.83. The van der Waals surface area contributed by atoms with Crippen LogP contribution in [0.2, 0.25) is 0 Å². The number of nitrogens with one attached hydrogen (secondary N) is 1. The fourth-order valence-corrected chi connectivity index (χ4v) is 3.17. The molecule has 0 spiro atoms. The second-order valence-electron chi connectivity index (χ2n) is 6.60. The van der Waals surface area contributed by atoms with Crippen LogP contribution in [0.25, 0.3) is 0 Å². The number of hydrogen-bond acceptors (Lipinski definition) is 5. The maximum Gasteiger partial charge on any atom is 0.271 e. The van der Waals surface area contributed by atoms with Gasteiger partial charge in [-0.05, 0) is 38.9 Å². The first-order chi connectivity index (χ1) is 12.0. The molecule has 1 N–H and O–H groups in total. The predicted octanol–water partition coefficient (Wildman–Crippen LogP) is 0.487.